The van der Waals surface area contributed by atoms with Crippen LogP contribution in [0.5, 0.6) is 0 Å². The average Bonchev–Trinajstić information content (AvgIpc) is 3.10. The highest BCUT2D eigenvalue weighted by Crippen LogP contribution is 2.29. The van der Waals surface area contributed by atoms with E-state index in [4.69, 9.17) is 0 Å². The monoisotopic (exact) mass is 377 g/mol. The molecule has 28 heavy (non-hydrogen) atoms. The highest BCUT2D eigenvalue weighted by Gasteiger charge is 2.20. The molecule has 0 saturated heterocycles. The molecule has 1 aromatic heterocycles. The van der Waals surface area contributed by atoms with E-state index in [0.717, 1.165) is 23.6 Å². The average molecular weight is 377 g/mol. The van der Waals surface area contributed by atoms with Gasteiger partial charge in [0.25, 0.3) is 0 Å². The second-order valence-corrected chi connectivity index (χ2v) is 6.98. The van der Waals surface area contributed by atoms with Crippen molar-refractivity contribution in [2.45, 2.75) is 25.8 Å². The largest absolute Gasteiger partial charge is 0.347 e. The Morgan fingerprint density at radius 1 is 0.857 bits per heavy atom. The van der Waals surface area contributed by atoms with Gasteiger partial charge in [0.2, 0.25) is 0 Å². The predicted octanol–water partition coefficient (Wildman–Crippen LogP) is 6.30. The van der Waals surface area contributed by atoms with Crippen molar-refractivity contribution in [1.82, 2.24) is 4.57 Å². The van der Waals surface area contributed by atoms with Crippen molar-refractivity contribution in [3.8, 4) is 0 Å². The lowest BCUT2D eigenvalue weighted by atomic mass is 9.97. The number of benzene rings is 3. The number of rotatable bonds is 7. The van der Waals surface area contributed by atoms with Crippen molar-refractivity contribution in [3.05, 3.63) is 83.8 Å². The third-order valence-electron chi connectivity index (χ3n) is 5.17. The molecule has 3 aromatic carbocycles. The molecule has 0 aliphatic rings. The lowest BCUT2D eigenvalue weighted by molar-refractivity contribution is 0.104. The Morgan fingerprint density at radius 2 is 1.64 bits per heavy atom. The number of ketones is 1. The van der Waals surface area contributed by atoms with Crippen molar-refractivity contribution in [3.63, 3.8) is 0 Å². The fourth-order valence-electron chi connectivity index (χ4n) is 3.79. The van der Waals surface area contributed by atoms with Crippen LogP contribution in [0.2, 0.25) is 0 Å². The zero-order valence-corrected chi connectivity index (χ0v) is 15.5. The minimum atomic E-state index is -0.399. The third kappa shape index (κ3) is 3.31. The molecule has 0 spiro atoms. The van der Waals surface area contributed by atoms with E-state index in [-0.39, 0.29) is 12.5 Å². The predicted molar refractivity (Wildman–Crippen MR) is 109 cm³/mol. The van der Waals surface area contributed by atoms with E-state index in [1.54, 1.807) is 18.3 Å². The van der Waals surface area contributed by atoms with E-state index < -0.39 is 5.82 Å². The molecular formula is C24H21F2NO. The fraction of sp³-hybridized carbons (Fsp3) is 0.208. The van der Waals surface area contributed by atoms with Gasteiger partial charge in [0.1, 0.15) is 5.82 Å². The number of alkyl halides is 1. The molecular weight excluding hydrogens is 356 g/mol. The summed E-state index contributed by atoms with van der Waals surface area (Å²) < 4.78 is 28.9. The first kappa shape index (κ1) is 18.4. The molecule has 0 N–H and O–H groups in total. The zero-order valence-electron chi connectivity index (χ0n) is 15.5. The number of nitrogens with zero attached hydrogens (tertiary/aromatic N) is 1. The smallest absolute Gasteiger partial charge is 0.195 e. The molecule has 4 heteroatoms. The van der Waals surface area contributed by atoms with Crippen LogP contribution < -0.4 is 0 Å². The number of hydrogen-bond acceptors (Lipinski definition) is 1. The van der Waals surface area contributed by atoms with Crippen LogP contribution in [0.3, 0.4) is 0 Å². The van der Waals surface area contributed by atoms with Gasteiger partial charge >= 0.3 is 0 Å². The number of fused-ring (bicyclic) bond motifs is 2. The number of hydrogen-bond donors (Lipinski definition) is 0. The SMILES string of the molecule is O=C(c1cccc2ccccc12)c1cn(CCCCCF)c2cccc(F)c12. The minimum Gasteiger partial charge on any atom is -0.347 e. The summed E-state index contributed by atoms with van der Waals surface area (Å²) in [4.78, 5) is 13.4. The molecule has 4 aromatic rings. The number of carbonyl (C=O) groups excluding carboxylic acids is 1. The molecule has 0 bridgehead atoms. The van der Waals surface area contributed by atoms with Crippen molar-refractivity contribution in [2.75, 3.05) is 6.67 Å². The Balaban J connectivity index is 1.80. The standard InChI is InChI=1S/C24H21F2NO/c25-14-4-1-5-15-27-16-20(23-21(26)12-7-13-22(23)27)24(28)19-11-6-9-17-8-2-3-10-18(17)19/h2-3,6-13,16H,1,4-5,14-15H2. The lowest BCUT2D eigenvalue weighted by Crippen LogP contribution is -2.02. The van der Waals surface area contributed by atoms with E-state index in [2.05, 4.69) is 0 Å². The van der Waals surface area contributed by atoms with Crippen LogP contribution >= 0.6 is 0 Å². The zero-order chi connectivity index (χ0) is 19.5. The number of aromatic nitrogens is 1. The van der Waals surface area contributed by atoms with Crippen LogP contribution in [0.25, 0.3) is 21.7 Å². The summed E-state index contributed by atoms with van der Waals surface area (Å²) in [7, 11) is 0. The third-order valence-corrected chi connectivity index (χ3v) is 5.17. The highest BCUT2D eigenvalue weighted by atomic mass is 19.1. The summed E-state index contributed by atoms with van der Waals surface area (Å²) in [6.45, 7) is 0.300. The van der Waals surface area contributed by atoms with Crippen LogP contribution in [-0.2, 0) is 6.54 Å². The lowest BCUT2D eigenvalue weighted by Gasteiger charge is -2.05. The van der Waals surface area contributed by atoms with E-state index in [1.807, 2.05) is 47.0 Å². The summed E-state index contributed by atoms with van der Waals surface area (Å²) in [6.07, 6.45) is 3.81. The molecule has 1 heterocycles. The Hall–Kier alpha value is -3.01. The van der Waals surface area contributed by atoms with Crippen LogP contribution in [0.4, 0.5) is 8.78 Å². The fourth-order valence-corrected chi connectivity index (χ4v) is 3.79. The van der Waals surface area contributed by atoms with Gasteiger partial charge in [-0.3, -0.25) is 9.18 Å². The van der Waals surface area contributed by atoms with Gasteiger partial charge in [0.15, 0.2) is 5.78 Å². The molecule has 0 aliphatic heterocycles. The first-order valence-electron chi connectivity index (χ1n) is 9.56. The van der Waals surface area contributed by atoms with Gasteiger partial charge in [0.05, 0.1) is 17.8 Å². The summed E-state index contributed by atoms with van der Waals surface area (Å²) in [5.41, 5.74) is 1.64. The van der Waals surface area contributed by atoms with Gasteiger partial charge in [-0.15, -0.1) is 0 Å². The molecule has 2 nitrogen and oxygen atoms in total. The first-order chi connectivity index (χ1) is 13.7. The Labute approximate surface area is 162 Å². The Kier molecular flexibility index (Phi) is 5.20. The van der Waals surface area contributed by atoms with Crippen molar-refractivity contribution in [2.24, 2.45) is 0 Å². The molecule has 0 fully saturated rings. The molecule has 0 amide bonds. The van der Waals surface area contributed by atoms with Gasteiger partial charge in [-0.2, -0.15) is 0 Å². The molecule has 0 unspecified atom stereocenters. The van der Waals surface area contributed by atoms with E-state index in [9.17, 15) is 13.6 Å². The van der Waals surface area contributed by atoms with Crippen molar-refractivity contribution < 1.29 is 13.6 Å². The van der Waals surface area contributed by atoms with Gasteiger partial charge in [-0.05, 0) is 42.2 Å². The summed E-state index contributed by atoms with van der Waals surface area (Å²) in [5.74, 6) is -0.585. The first-order valence-corrected chi connectivity index (χ1v) is 9.56. The minimum absolute atomic E-state index is 0.186. The Morgan fingerprint density at radius 3 is 2.50 bits per heavy atom. The molecule has 0 saturated carbocycles. The number of aryl methyl sites for hydroxylation is 1. The van der Waals surface area contributed by atoms with Gasteiger partial charge in [0, 0.05) is 23.7 Å². The molecule has 0 radical (unpaired) electrons. The second-order valence-electron chi connectivity index (χ2n) is 6.98. The topological polar surface area (TPSA) is 22.0 Å². The van der Waals surface area contributed by atoms with E-state index >= 15 is 0 Å². The van der Waals surface area contributed by atoms with Gasteiger partial charge < -0.3 is 4.57 Å². The quantitative estimate of drug-likeness (QED) is 0.273. The maximum Gasteiger partial charge on any atom is 0.195 e. The van der Waals surface area contributed by atoms with Gasteiger partial charge in [-0.1, -0.05) is 48.5 Å². The summed E-state index contributed by atoms with van der Waals surface area (Å²) in [6, 6.07) is 18.2. The molecule has 0 atom stereocenters. The Bertz CT molecular complexity index is 1140. The van der Waals surface area contributed by atoms with Crippen LogP contribution in [-0.4, -0.2) is 17.0 Å². The van der Waals surface area contributed by atoms with E-state index in [0.29, 0.717) is 35.0 Å². The molecule has 4 rings (SSSR count). The number of unbranched alkanes of at least 4 members (excludes halogenated alkanes) is 2. The van der Waals surface area contributed by atoms with Crippen molar-refractivity contribution in [1.29, 1.82) is 0 Å². The normalized spacial score (nSPS) is 11.4. The highest BCUT2D eigenvalue weighted by molar-refractivity contribution is 6.21. The molecule has 142 valence electrons. The van der Waals surface area contributed by atoms with Crippen LogP contribution in [0.1, 0.15) is 35.2 Å². The number of carbonyl (C=O) groups is 1. The van der Waals surface area contributed by atoms with Crippen LogP contribution in [0.15, 0.2) is 66.9 Å². The van der Waals surface area contributed by atoms with Gasteiger partial charge in [-0.25, -0.2) is 4.39 Å². The maximum atomic E-state index is 14.7. The maximum absolute atomic E-state index is 14.7. The summed E-state index contributed by atoms with van der Waals surface area (Å²) >= 11 is 0. The van der Waals surface area contributed by atoms with E-state index in [1.165, 1.54) is 6.07 Å². The second kappa shape index (κ2) is 7.93. The van der Waals surface area contributed by atoms with Crippen molar-refractivity contribution >= 4 is 27.5 Å². The number of halogens is 2. The molecule has 0 aliphatic carbocycles. The van der Waals surface area contributed by atoms with Crippen LogP contribution in [0, 0.1) is 5.82 Å². The summed E-state index contributed by atoms with van der Waals surface area (Å²) in [5, 5.41) is 2.19.